The molecular formula is C22H27ClN6O3. The topological polar surface area (TPSA) is 114 Å². The molecule has 0 aliphatic carbocycles. The van der Waals surface area contributed by atoms with Gasteiger partial charge in [-0.2, -0.15) is 5.10 Å². The molecule has 0 radical (unpaired) electrons. The van der Waals surface area contributed by atoms with E-state index in [1.165, 1.54) is 11.2 Å². The monoisotopic (exact) mass is 458 g/mol. The Morgan fingerprint density at radius 3 is 3.00 bits per heavy atom. The van der Waals surface area contributed by atoms with Crippen LogP contribution in [-0.2, 0) is 14.3 Å². The van der Waals surface area contributed by atoms with E-state index in [-0.39, 0.29) is 19.4 Å². The summed E-state index contributed by atoms with van der Waals surface area (Å²) in [5, 5.41) is 7.26. The van der Waals surface area contributed by atoms with Gasteiger partial charge < -0.3 is 24.8 Å². The van der Waals surface area contributed by atoms with Gasteiger partial charge in [0.25, 0.3) is 0 Å². The largest absolute Gasteiger partial charge is 0.465 e. The summed E-state index contributed by atoms with van der Waals surface area (Å²) in [5.41, 5.74) is 9.04. The van der Waals surface area contributed by atoms with Crippen LogP contribution in [0.5, 0.6) is 0 Å². The Hall–Kier alpha value is -3.01. The molecule has 10 heteroatoms. The van der Waals surface area contributed by atoms with Gasteiger partial charge >= 0.3 is 5.97 Å². The smallest absolute Gasteiger partial charge is 0.327 e. The molecule has 1 aliphatic rings. The van der Waals surface area contributed by atoms with Crippen molar-refractivity contribution in [2.75, 3.05) is 19.8 Å². The van der Waals surface area contributed by atoms with Gasteiger partial charge in [0.05, 0.1) is 24.5 Å². The Balaban J connectivity index is 1.68. The summed E-state index contributed by atoms with van der Waals surface area (Å²) in [4.78, 5) is 11.7. The highest BCUT2D eigenvalue weighted by molar-refractivity contribution is 6.31. The molecule has 1 unspecified atom stereocenters. The molecule has 3 heterocycles. The maximum Gasteiger partial charge on any atom is 0.327 e. The number of benzene rings is 1. The van der Waals surface area contributed by atoms with Gasteiger partial charge in [-0.15, -0.1) is 0 Å². The van der Waals surface area contributed by atoms with Gasteiger partial charge in [0.1, 0.15) is 18.6 Å². The molecule has 0 saturated carbocycles. The van der Waals surface area contributed by atoms with Crippen LogP contribution < -0.4 is 11.6 Å². The van der Waals surface area contributed by atoms with Crippen molar-refractivity contribution in [2.45, 2.75) is 32.4 Å². The van der Waals surface area contributed by atoms with Crippen molar-refractivity contribution in [3.05, 3.63) is 48.0 Å². The van der Waals surface area contributed by atoms with Crippen molar-refractivity contribution in [2.24, 2.45) is 11.6 Å². The molecule has 9 nitrogen and oxygen atoms in total. The van der Waals surface area contributed by atoms with Crippen molar-refractivity contribution in [1.29, 1.82) is 0 Å². The summed E-state index contributed by atoms with van der Waals surface area (Å²) in [7, 11) is 0. The molecule has 32 heavy (non-hydrogen) atoms. The molecular weight excluding hydrogens is 432 g/mol. The molecule has 170 valence electrons. The number of carbonyl (C=O) groups excluding carboxylic acids is 1. The predicted molar refractivity (Wildman–Crippen MR) is 123 cm³/mol. The first kappa shape index (κ1) is 22.2. The average Bonchev–Trinajstić information content (AvgIpc) is 3.39. The number of aromatic nitrogens is 3. The minimum absolute atomic E-state index is 0.0427. The highest BCUT2D eigenvalue weighted by atomic mass is 35.5. The molecule has 1 atom stereocenters. The maximum atomic E-state index is 11.7. The Labute approximate surface area is 191 Å². The van der Waals surface area contributed by atoms with Crippen LogP contribution in [0.1, 0.15) is 32.4 Å². The van der Waals surface area contributed by atoms with Crippen LogP contribution in [0.15, 0.2) is 43.0 Å². The number of fused-ring (bicyclic) bond motifs is 1. The Kier molecular flexibility index (Phi) is 6.69. The number of hydrazine groups is 1. The van der Waals surface area contributed by atoms with Crippen LogP contribution in [-0.4, -0.2) is 45.1 Å². The molecule has 1 aliphatic heterocycles. The number of halogens is 1. The molecule has 4 N–H and O–H groups in total. The van der Waals surface area contributed by atoms with Gasteiger partial charge in [-0.1, -0.05) is 17.7 Å². The maximum absolute atomic E-state index is 11.7. The lowest BCUT2D eigenvalue weighted by Crippen LogP contribution is -2.33. The number of hydrogen-bond donors (Lipinski definition) is 2. The average molecular weight is 459 g/mol. The second-order valence-electron chi connectivity index (χ2n) is 7.64. The van der Waals surface area contributed by atoms with Crippen LogP contribution in [0.25, 0.3) is 27.9 Å². The van der Waals surface area contributed by atoms with E-state index < -0.39 is 5.97 Å². The van der Waals surface area contributed by atoms with Gasteiger partial charge in [0.2, 0.25) is 0 Å². The van der Waals surface area contributed by atoms with E-state index in [1.54, 1.807) is 11.5 Å². The van der Waals surface area contributed by atoms with E-state index in [1.807, 2.05) is 41.5 Å². The molecule has 0 amide bonds. The zero-order valence-corrected chi connectivity index (χ0v) is 18.7. The summed E-state index contributed by atoms with van der Waals surface area (Å²) < 4.78 is 14.4. The third kappa shape index (κ3) is 4.74. The van der Waals surface area contributed by atoms with Crippen molar-refractivity contribution < 1.29 is 14.3 Å². The second-order valence-corrected chi connectivity index (χ2v) is 8.07. The highest BCUT2D eigenvalue weighted by Gasteiger charge is 2.19. The van der Waals surface area contributed by atoms with Gasteiger partial charge in [0, 0.05) is 40.5 Å². The molecule has 1 fully saturated rings. The van der Waals surface area contributed by atoms with Gasteiger partial charge in [-0.3, -0.25) is 4.79 Å². The van der Waals surface area contributed by atoms with E-state index in [0.717, 1.165) is 47.9 Å². The van der Waals surface area contributed by atoms with Gasteiger partial charge in [0.15, 0.2) is 0 Å². The van der Waals surface area contributed by atoms with Crippen molar-refractivity contribution >= 4 is 34.3 Å². The lowest BCUT2D eigenvalue weighted by Gasteiger charge is -2.22. The van der Waals surface area contributed by atoms with E-state index in [0.29, 0.717) is 10.8 Å². The SMILES string of the molecule is CCOC(=O)CN(N)/C=C(\N)n1cc(-c2cnn(C3CCCCO3)c2)c2ccc(Cl)cc21. The van der Waals surface area contributed by atoms with Crippen molar-refractivity contribution in [1.82, 2.24) is 19.4 Å². The normalized spacial score (nSPS) is 17.0. The van der Waals surface area contributed by atoms with Crippen LogP contribution in [0.4, 0.5) is 0 Å². The molecule has 1 saturated heterocycles. The molecule has 1 aromatic carbocycles. The molecule has 0 bridgehead atoms. The number of esters is 1. The van der Waals surface area contributed by atoms with Crippen LogP contribution in [0, 0.1) is 0 Å². The Bertz CT molecular complexity index is 1130. The zero-order chi connectivity index (χ0) is 22.7. The summed E-state index contributed by atoms with van der Waals surface area (Å²) in [6, 6.07) is 5.62. The predicted octanol–water partition coefficient (Wildman–Crippen LogP) is 3.31. The second kappa shape index (κ2) is 9.64. The first-order chi connectivity index (χ1) is 15.5. The fourth-order valence-electron chi connectivity index (χ4n) is 3.84. The standard InChI is InChI=1S/C22H27ClN6O3/c1-2-31-22(30)14-27(25)13-20(24)28-12-18(17-7-6-16(23)9-19(17)28)15-10-26-29(11-15)21-5-3-4-8-32-21/h6-7,9-13,21H,2-5,8,14,24-25H2,1H3/b20-13+. The first-order valence-electron chi connectivity index (χ1n) is 10.6. The molecule has 2 aromatic heterocycles. The third-order valence-corrected chi connectivity index (χ3v) is 5.56. The number of nitrogens with zero attached hydrogens (tertiary/aromatic N) is 4. The minimum atomic E-state index is -0.433. The Morgan fingerprint density at radius 2 is 2.25 bits per heavy atom. The lowest BCUT2D eigenvalue weighted by atomic mass is 10.1. The van der Waals surface area contributed by atoms with E-state index in [4.69, 9.17) is 32.7 Å². The first-order valence-corrected chi connectivity index (χ1v) is 11.0. The van der Waals surface area contributed by atoms with Crippen molar-refractivity contribution in [3.8, 4) is 11.1 Å². The van der Waals surface area contributed by atoms with E-state index in [2.05, 4.69) is 5.10 Å². The number of hydrogen-bond acceptors (Lipinski definition) is 7. The fourth-order valence-corrected chi connectivity index (χ4v) is 4.01. The van der Waals surface area contributed by atoms with Crippen molar-refractivity contribution in [3.63, 3.8) is 0 Å². The van der Waals surface area contributed by atoms with Gasteiger partial charge in [-0.25, -0.2) is 10.5 Å². The highest BCUT2D eigenvalue weighted by Crippen LogP contribution is 2.34. The molecule has 4 rings (SSSR count). The minimum Gasteiger partial charge on any atom is -0.465 e. The molecule has 0 spiro atoms. The third-order valence-electron chi connectivity index (χ3n) is 5.32. The van der Waals surface area contributed by atoms with E-state index in [9.17, 15) is 4.79 Å². The van der Waals surface area contributed by atoms with E-state index >= 15 is 0 Å². The van der Waals surface area contributed by atoms with Crippen LogP contribution in [0.3, 0.4) is 0 Å². The quantitative estimate of drug-likeness (QED) is 0.317. The summed E-state index contributed by atoms with van der Waals surface area (Å²) >= 11 is 6.26. The summed E-state index contributed by atoms with van der Waals surface area (Å²) in [6.45, 7) is 2.66. The number of ether oxygens (including phenoxy) is 2. The summed E-state index contributed by atoms with van der Waals surface area (Å²) in [5.74, 6) is 5.83. The number of carbonyl (C=O) groups is 1. The number of rotatable bonds is 7. The molecule has 3 aromatic rings. The lowest BCUT2D eigenvalue weighted by molar-refractivity contribution is -0.143. The van der Waals surface area contributed by atoms with Crippen LogP contribution >= 0.6 is 11.6 Å². The van der Waals surface area contributed by atoms with Crippen LogP contribution in [0.2, 0.25) is 5.02 Å². The number of nitrogens with two attached hydrogens (primary N) is 2. The summed E-state index contributed by atoms with van der Waals surface area (Å²) in [6.07, 6.45) is 10.3. The zero-order valence-electron chi connectivity index (χ0n) is 17.9. The fraction of sp³-hybridized carbons (Fsp3) is 0.364. The Morgan fingerprint density at radius 1 is 1.41 bits per heavy atom. The van der Waals surface area contributed by atoms with Gasteiger partial charge in [-0.05, 0) is 38.3 Å².